The van der Waals surface area contributed by atoms with Gasteiger partial charge in [0.1, 0.15) is 37.3 Å². The summed E-state index contributed by atoms with van der Waals surface area (Å²) < 4.78 is 17.2. The van der Waals surface area contributed by atoms with Crippen LogP contribution in [0, 0.1) is 34.0 Å². The molecule has 0 unspecified atom stereocenters. The summed E-state index contributed by atoms with van der Waals surface area (Å²) in [6.45, 7) is 8.69. The van der Waals surface area contributed by atoms with Gasteiger partial charge >= 0.3 is 11.9 Å². The number of nitrogens with zero attached hydrogens (tertiary/aromatic N) is 2. The molecule has 13 heteroatoms. The number of aliphatic hydroxyl groups excluding tert-OH is 1. The average Bonchev–Trinajstić information content (AvgIpc) is 3.53. The number of amides is 1. The molecule has 0 radical (unpaired) electrons. The van der Waals surface area contributed by atoms with Gasteiger partial charge in [0.05, 0.1) is 11.4 Å². The molecule has 13 nitrogen and oxygen atoms in total. The fourth-order valence-electron chi connectivity index (χ4n) is 5.04. The number of nitriles is 1. The van der Waals surface area contributed by atoms with Gasteiger partial charge in [0.2, 0.25) is 11.5 Å². The predicted molar refractivity (Wildman–Crippen MR) is 157 cm³/mol. The van der Waals surface area contributed by atoms with Gasteiger partial charge in [0.15, 0.2) is 11.9 Å². The van der Waals surface area contributed by atoms with Crippen molar-refractivity contribution in [2.24, 2.45) is 28.0 Å². The maximum Gasteiger partial charge on any atom is 0.323 e. The Labute approximate surface area is 252 Å². The van der Waals surface area contributed by atoms with Crippen molar-refractivity contribution in [3.8, 4) is 6.07 Å². The highest BCUT2D eigenvalue weighted by molar-refractivity contribution is 6.09. The number of ether oxygens (including phenoxy) is 3. The molecule has 3 rings (SSSR count). The molecule has 0 aromatic carbocycles. The highest BCUT2D eigenvalue weighted by Gasteiger charge is 2.59. The van der Waals surface area contributed by atoms with Crippen LogP contribution in [-0.2, 0) is 34.2 Å². The van der Waals surface area contributed by atoms with Crippen LogP contribution in [-0.4, -0.2) is 71.1 Å². The van der Waals surface area contributed by atoms with Gasteiger partial charge in [0.25, 0.3) is 0 Å². The SMILES string of the molecule is CCC(CC)C(=O)N/C(=N/C=N)c1ccc([C@]2(C#N)O[C@H](COC(=O)CC3CCC3)[C@@H](OC(=O)[C@H](N)C(C)(C)C)[C@H]2O)[nH]1. The number of H-pyrrole nitrogens is 1. The largest absolute Gasteiger partial charge is 0.463 e. The van der Waals surface area contributed by atoms with E-state index in [0.29, 0.717) is 12.8 Å². The monoisotopic (exact) mass is 600 g/mol. The van der Waals surface area contributed by atoms with E-state index in [1.807, 2.05) is 19.9 Å². The average molecular weight is 601 g/mol. The second-order valence-electron chi connectivity index (χ2n) is 12.3. The highest BCUT2D eigenvalue weighted by atomic mass is 16.6. The molecule has 1 aliphatic heterocycles. The van der Waals surface area contributed by atoms with E-state index < -0.39 is 47.3 Å². The second kappa shape index (κ2) is 14.2. The van der Waals surface area contributed by atoms with Crippen molar-refractivity contribution in [3.63, 3.8) is 0 Å². The summed E-state index contributed by atoms with van der Waals surface area (Å²) in [5, 5.41) is 32.0. The zero-order valence-corrected chi connectivity index (χ0v) is 25.5. The third-order valence-corrected chi connectivity index (χ3v) is 8.26. The van der Waals surface area contributed by atoms with Crippen LogP contribution in [0.1, 0.15) is 84.5 Å². The van der Waals surface area contributed by atoms with Crippen LogP contribution in [0.3, 0.4) is 0 Å². The lowest BCUT2D eigenvalue weighted by Crippen LogP contribution is -2.49. The molecule has 5 atom stereocenters. The molecular formula is C30H44N6O7. The van der Waals surface area contributed by atoms with Gasteiger partial charge in [0, 0.05) is 12.3 Å². The molecule has 2 heterocycles. The molecule has 2 fully saturated rings. The van der Waals surface area contributed by atoms with Gasteiger partial charge in [-0.15, -0.1) is 0 Å². The molecule has 1 aliphatic carbocycles. The maximum absolute atomic E-state index is 13.0. The Morgan fingerprint density at radius 3 is 2.53 bits per heavy atom. The van der Waals surface area contributed by atoms with Crippen molar-refractivity contribution < 1.29 is 33.7 Å². The number of aromatic nitrogens is 1. The number of esters is 2. The van der Waals surface area contributed by atoms with E-state index in [1.165, 1.54) is 12.1 Å². The third-order valence-electron chi connectivity index (χ3n) is 8.26. The van der Waals surface area contributed by atoms with Crippen LogP contribution in [0.4, 0.5) is 0 Å². The highest BCUT2D eigenvalue weighted by Crippen LogP contribution is 2.41. The smallest absolute Gasteiger partial charge is 0.323 e. The molecule has 1 saturated carbocycles. The van der Waals surface area contributed by atoms with E-state index in [4.69, 9.17) is 25.4 Å². The van der Waals surface area contributed by atoms with Gasteiger partial charge in [-0.2, -0.15) is 5.26 Å². The Hall–Kier alpha value is -3.60. The van der Waals surface area contributed by atoms with Crippen LogP contribution < -0.4 is 11.1 Å². The molecule has 43 heavy (non-hydrogen) atoms. The lowest BCUT2D eigenvalue weighted by atomic mass is 9.83. The van der Waals surface area contributed by atoms with E-state index in [9.17, 15) is 24.8 Å². The Balaban J connectivity index is 1.90. The van der Waals surface area contributed by atoms with Gasteiger partial charge in [-0.1, -0.05) is 41.0 Å². The fraction of sp³-hybridized carbons (Fsp3) is 0.667. The van der Waals surface area contributed by atoms with Gasteiger partial charge in [-0.3, -0.25) is 19.8 Å². The quantitative estimate of drug-likeness (QED) is 0.135. The summed E-state index contributed by atoms with van der Waals surface area (Å²) in [5.41, 5.74) is 3.70. The first-order valence-electron chi connectivity index (χ1n) is 14.8. The molecule has 2 aliphatic rings. The zero-order chi connectivity index (χ0) is 31.9. The number of hydrogen-bond acceptors (Lipinski definition) is 10. The number of aliphatic imine (C=N–C) groups is 1. The summed E-state index contributed by atoms with van der Waals surface area (Å²) >= 11 is 0. The van der Waals surface area contributed by atoms with Crippen molar-refractivity contribution in [2.45, 2.75) is 103 Å². The number of rotatable bonds is 12. The predicted octanol–water partition coefficient (Wildman–Crippen LogP) is 2.42. The van der Waals surface area contributed by atoms with Crippen molar-refractivity contribution in [1.29, 1.82) is 10.7 Å². The number of nitrogens with one attached hydrogen (secondary N) is 3. The second-order valence-corrected chi connectivity index (χ2v) is 12.3. The van der Waals surface area contributed by atoms with Crippen LogP contribution >= 0.6 is 0 Å². The van der Waals surface area contributed by atoms with E-state index in [-0.39, 0.29) is 48.0 Å². The number of aliphatic hydroxyl groups is 1. The molecule has 1 aromatic heterocycles. The summed E-state index contributed by atoms with van der Waals surface area (Å²) in [4.78, 5) is 45.1. The first-order valence-corrected chi connectivity index (χ1v) is 14.8. The Morgan fingerprint density at radius 1 is 1.33 bits per heavy atom. The van der Waals surface area contributed by atoms with E-state index in [1.54, 1.807) is 20.8 Å². The first-order chi connectivity index (χ1) is 20.3. The van der Waals surface area contributed by atoms with Crippen molar-refractivity contribution in [2.75, 3.05) is 6.61 Å². The number of carbonyl (C=O) groups is 3. The maximum atomic E-state index is 13.0. The van der Waals surface area contributed by atoms with Gasteiger partial charge in [-0.05, 0) is 49.1 Å². The van der Waals surface area contributed by atoms with E-state index >= 15 is 0 Å². The zero-order valence-electron chi connectivity index (χ0n) is 25.5. The molecule has 0 spiro atoms. The minimum atomic E-state index is -2.07. The number of hydrogen-bond donors (Lipinski definition) is 5. The molecular weight excluding hydrogens is 556 g/mol. The molecule has 1 saturated heterocycles. The van der Waals surface area contributed by atoms with Crippen LogP contribution in [0.25, 0.3) is 0 Å². The molecule has 1 amide bonds. The van der Waals surface area contributed by atoms with Gasteiger partial charge in [-0.25, -0.2) is 4.99 Å². The molecule has 0 bridgehead atoms. The lowest BCUT2D eigenvalue weighted by Gasteiger charge is -2.29. The summed E-state index contributed by atoms with van der Waals surface area (Å²) in [7, 11) is 0. The lowest BCUT2D eigenvalue weighted by molar-refractivity contribution is -0.163. The first kappa shape index (κ1) is 33.9. The molecule has 236 valence electrons. The van der Waals surface area contributed by atoms with Crippen LogP contribution in [0.5, 0.6) is 0 Å². The van der Waals surface area contributed by atoms with Crippen molar-refractivity contribution in [1.82, 2.24) is 10.3 Å². The fourth-order valence-corrected chi connectivity index (χ4v) is 5.04. The summed E-state index contributed by atoms with van der Waals surface area (Å²) in [5.74, 6) is -1.50. The van der Waals surface area contributed by atoms with E-state index in [2.05, 4.69) is 15.3 Å². The number of aromatic amines is 1. The Bertz CT molecular complexity index is 1240. The molecule has 6 N–H and O–H groups in total. The summed E-state index contributed by atoms with van der Waals surface area (Å²) in [6, 6.07) is 3.93. The minimum absolute atomic E-state index is 0.0410. The topological polar surface area (TPSA) is 213 Å². The minimum Gasteiger partial charge on any atom is -0.463 e. The van der Waals surface area contributed by atoms with Gasteiger partial charge < -0.3 is 35.4 Å². The normalized spacial score (nSPS) is 25.0. The van der Waals surface area contributed by atoms with Crippen molar-refractivity contribution in [3.05, 3.63) is 23.5 Å². The number of amidine groups is 1. The van der Waals surface area contributed by atoms with Crippen LogP contribution in [0.2, 0.25) is 0 Å². The van der Waals surface area contributed by atoms with E-state index in [0.717, 1.165) is 25.6 Å². The number of nitrogens with two attached hydrogens (primary N) is 1. The Morgan fingerprint density at radius 2 is 2.00 bits per heavy atom. The third kappa shape index (κ3) is 7.68. The standard InChI is InChI=1S/C30H44N6O7/c1-6-18(7-2)27(39)36-26(34-16-32)19-11-12-21(35-19)30(15-31)25(38)23(42-28(40)24(33)29(3,4)5)20(43-30)14-41-22(37)13-17-9-8-10-17/h11-12,16-18,20,23-25,35,38H,6-10,13-14,33H2,1-5H3,(H2,32,34,36,39)/t20-,23-,24+,25-,30+/m1/s1. The van der Waals surface area contributed by atoms with Crippen LogP contribution in [0.15, 0.2) is 17.1 Å². The van der Waals surface area contributed by atoms with Crippen molar-refractivity contribution >= 4 is 30.0 Å². The number of carbonyl (C=O) groups excluding carboxylic acids is 3. The summed E-state index contributed by atoms with van der Waals surface area (Å²) in [6.07, 6.45) is 0.913. The Kier molecular flexibility index (Phi) is 11.2. The molecule has 1 aromatic rings.